The van der Waals surface area contributed by atoms with Crippen LogP contribution in [0.2, 0.25) is 0 Å². The van der Waals surface area contributed by atoms with E-state index in [9.17, 15) is 0 Å². The summed E-state index contributed by atoms with van der Waals surface area (Å²) in [5.74, 6) is 0. The first-order valence-corrected chi connectivity index (χ1v) is 4.75. The van der Waals surface area contributed by atoms with E-state index in [4.69, 9.17) is 0 Å². The molecule has 0 spiro atoms. The molecule has 0 saturated heterocycles. The standard InChI is InChI=1S/C11H9S/c1-9-3-2-4-10(7-9)11-5-6-12-8-11/h2-8H,1H2. The minimum Gasteiger partial charge on any atom is -0.152 e. The maximum Gasteiger partial charge on any atom is -0.00147 e. The third-order valence-corrected chi connectivity index (χ3v) is 2.46. The predicted molar refractivity (Wildman–Crippen MR) is 54.2 cm³/mol. The van der Waals surface area contributed by atoms with E-state index in [1.54, 1.807) is 11.3 Å². The van der Waals surface area contributed by atoms with Crippen LogP contribution in [0, 0.1) is 6.92 Å². The Kier molecular flexibility index (Phi) is 1.96. The van der Waals surface area contributed by atoms with Gasteiger partial charge in [0.25, 0.3) is 0 Å². The van der Waals surface area contributed by atoms with Crippen LogP contribution in [-0.2, 0) is 0 Å². The zero-order chi connectivity index (χ0) is 8.39. The first kappa shape index (κ1) is 7.56. The van der Waals surface area contributed by atoms with Crippen molar-refractivity contribution in [1.82, 2.24) is 0 Å². The number of hydrogen-bond acceptors (Lipinski definition) is 1. The van der Waals surface area contributed by atoms with E-state index in [1.807, 2.05) is 12.1 Å². The molecule has 0 saturated carbocycles. The summed E-state index contributed by atoms with van der Waals surface area (Å²) < 4.78 is 0. The third kappa shape index (κ3) is 1.41. The summed E-state index contributed by atoms with van der Waals surface area (Å²) in [5.41, 5.74) is 3.60. The molecule has 1 radical (unpaired) electrons. The van der Waals surface area contributed by atoms with Crippen LogP contribution in [-0.4, -0.2) is 0 Å². The molecular weight excluding hydrogens is 164 g/mol. The Hall–Kier alpha value is -1.08. The van der Waals surface area contributed by atoms with Gasteiger partial charge in [-0.05, 0) is 40.4 Å². The van der Waals surface area contributed by atoms with Crippen LogP contribution >= 0.6 is 11.3 Å². The van der Waals surface area contributed by atoms with Crippen LogP contribution in [0.5, 0.6) is 0 Å². The fourth-order valence-electron chi connectivity index (χ4n) is 1.18. The highest BCUT2D eigenvalue weighted by Crippen LogP contribution is 2.22. The lowest BCUT2D eigenvalue weighted by atomic mass is 10.1. The van der Waals surface area contributed by atoms with Crippen LogP contribution < -0.4 is 0 Å². The van der Waals surface area contributed by atoms with E-state index in [0.717, 1.165) is 5.56 Å². The van der Waals surface area contributed by atoms with Gasteiger partial charge in [-0.3, -0.25) is 0 Å². The van der Waals surface area contributed by atoms with E-state index in [1.165, 1.54) is 11.1 Å². The van der Waals surface area contributed by atoms with Gasteiger partial charge < -0.3 is 0 Å². The number of rotatable bonds is 1. The van der Waals surface area contributed by atoms with E-state index >= 15 is 0 Å². The van der Waals surface area contributed by atoms with Crippen molar-refractivity contribution in [2.45, 2.75) is 0 Å². The van der Waals surface area contributed by atoms with Gasteiger partial charge in [-0.15, -0.1) is 0 Å². The molecule has 0 fully saturated rings. The van der Waals surface area contributed by atoms with Gasteiger partial charge in [0.1, 0.15) is 0 Å². The second-order valence-corrected chi connectivity index (χ2v) is 3.49. The Labute approximate surface area is 76.5 Å². The van der Waals surface area contributed by atoms with Crippen molar-refractivity contribution in [2.75, 3.05) is 0 Å². The molecule has 2 rings (SSSR count). The average Bonchev–Trinajstić information content (AvgIpc) is 2.56. The Bertz CT molecular complexity index is 360. The predicted octanol–water partition coefficient (Wildman–Crippen LogP) is 3.60. The molecule has 0 amide bonds. The molecule has 59 valence electrons. The lowest BCUT2D eigenvalue weighted by Gasteiger charge is -1.97. The molecule has 0 nitrogen and oxygen atoms in total. The Morgan fingerprint density at radius 3 is 2.67 bits per heavy atom. The van der Waals surface area contributed by atoms with Crippen LogP contribution in [0.4, 0.5) is 0 Å². The molecule has 0 aliphatic carbocycles. The maximum atomic E-state index is 3.89. The zero-order valence-electron chi connectivity index (χ0n) is 6.66. The van der Waals surface area contributed by atoms with Crippen molar-refractivity contribution in [2.24, 2.45) is 0 Å². The van der Waals surface area contributed by atoms with Crippen molar-refractivity contribution in [3.63, 3.8) is 0 Å². The molecule has 0 bridgehead atoms. The monoisotopic (exact) mass is 173 g/mol. The fourth-order valence-corrected chi connectivity index (χ4v) is 1.84. The first-order valence-electron chi connectivity index (χ1n) is 3.81. The maximum absolute atomic E-state index is 3.89. The van der Waals surface area contributed by atoms with Crippen LogP contribution in [0.25, 0.3) is 11.1 Å². The number of benzene rings is 1. The van der Waals surface area contributed by atoms with Crippen molar-refractivity contribution in [1.29, 1.82) is 0 Å². The summed E-state index contributed by atoms with van der Waals surface area (Å²) in [5, 5.41) is 4.24. The van der Waals surface area contributed by atoms with Crippen LogP contribution in [0.1, 0.15) is 5.56 Å². The zero-order valence-corrected chi connectivity index (χ0v) is 7.47. The first-order chi connectivity index (χ1) is 5.86. The van der Waals surface area contributed by atoms with Gasteiger partial charge in [-0.25, -0.2) is 0 Å². The van der Waals surface area contributed by atoms with Gasteiger partial charge in [-0.1, -0.05) is 24.3 Å². The van der Waals surface area contributed by atoms with Crippen LogP contribution in [0.15, 0.2) is 41.1 Å². The molecule has 0 aliphatic heterocycles. The number of thiophene rings is 1. The molecule has 1 aromatic heterocycles. The smallest absolute Gasteiger partial charge is 0.00147 e. The van der Waals surface area contributed by atoms with E-state index < -0.39 is 0 Å². The molecule has 0 unspecified atom stereocenters. The second-order valence-electron chi connectivity index (χ2n) is 2.71. The molecule has 0 atom stereocenters. The average molecular weight is 173 g/mol. The van der Waals surface area contributed by atoms with Gasteiger partial charge in [-0.2, -0.15) is 11.3 Å². The highest BCUT2D eigenvalue weighted by atomic mass is 32.1. The lowest BCUT2D eigenvalue weighted by molar-refractivity contribution is 1.60. The Balaban J connectivity index is 2.48. The fraction of sp³-hybridized carbons (Fsp3) is 0. The SMILES string of the molecule is [CH2]c1cccc(-c2ccsc2)c1. The Morgan fingerprint density at radius 2 is 2.00 bits per heavy atom. The summed E-state index contributed by atoms with van der Waals surface area (Å²) in [6.45, 7) is 3.89. The molecule has 12 heavy (non-hydrogen) atoms. The van der Waals surface area contributed by atoms with E-state index in [2.05, 4.69) is 35.9 Å². The van der Waals surface area contributed by atoms with Gasteiger partial charge in [0.05, 0.1) is 0 Å². The lowest BCUT2D eigenvalue weighted by Crippen LogP contribution is -1.74. The largest absolute Gasteiger partial charge is 0.152 e. The van der Waals surface area contributed by atoms with Crippen molar-refractivity contribution in [3.8, 4) is 11.1 Å². The topological polar surface area (TPSA) is 0 Å². The van der Waals surface area contributed by atoms with Gasteiger partial charge in [0.2, 0.25) is 0 Å². The second kappa shape index (κ2) is 3.11. The normalized spacial score (nSPS) is 10.1. The highest BCUT2D eigenvalue weighted by molar-refractivity contribution is 7.08. The Morgan fingerprint density at radius 1 is 1.08 bits per heavy atom. The summed E-state index contributed by atoms with van der Waals surface area (Å²) >= 11 is 1.72. The van der Waals surface area contributed by atoms with Gasteiger partial charge in [0, 0.05) is 0 Å². The summed E-state index contributed by atoms with van der Waals surface area (Å²) in [6, 6.07) is 10.4. The molecule has 1 heterocycles. The van der Waals surface area contributed by atoms with E-state index in [-0.39, 0.29) is 0 Å². The number of hydrogen-bond donors (Lipinski definition) is 0. The molecule has 1 heteroatoms. The van der Waals surface area contributed by atoms with Crippen molar-refractivity contribution < 1.29 is 0 Å². The summed E-state index contributed by atoms with van der Waals surface area (Å²) in [6.07, 6.45) is 0. The van der Waals surface area contributed by atoms with Crippen molar-refractivity contribution >= 4 is 11.3 Å². The summed E-state index contributed by atoms with van der Waals surface area (Å²) in [7, 11) is 0. The third-order valence-electron chi connectivity index (χ3n) is 1.78. The minimum absolute atomic E-state index is 1.07. The van der Waals surface area contributed by atoms with Crippen molar-refractivity contribution in [3.05, 3.63) is 53.6 Å². The molecule has 0 N–H and O–H groups in total. The van der Waals surface area contributed by atoms with Gasteiger partial charge in [0.15, 0.2) is 0 Å². The minimum atomic E-state index is 1.07. The van der Waals surface area contributed by atoms with Gasteiger partial charge >= 0.3 is 0 Å². The molecule has 0 aliphatic rings. The molecular formula is C11H9S. The summed E-state index contributed by atoms with van der Waals surface area (Å²) in [4.78, 5) is 0. The highest BCUT2D eigenvalue weighted by Gasteiger charge is 1.96. The quantitative estimate of drug-likeness (QED) is 0.618. The van der Waals surface area contributed by atoms with Crippen LogP contribution in [0.3, 0.4) is 0 Å². The van der Waals surface area contributed by atoms with E-state index in [0.29, 0.717) is 0 Å². The molecule has 2 aromatic rings. The molecule has 1 aromatic carbocycles.